The van der Waals surface area contributed by atoms with E-state index in [-0.39, 0.29) is 30.6 Å². The summed E-state index contributed by atoms with van der Waals surface area (Å²) in [7, 11) is 0. The Morgan fingerprint density at radius 3 is 2.75 bits per heavy atom. The van der Waals surface area contributed by atoms with Gasteiger partial charge < -0.3 is 15.2 Å². The maximum atomic E-state index is 12.4. The largest absolute Gasteiger partial charge is 0.489 e. The number of ether oxygens (including phenoxy) is 1. The number of para-hydroxylation sites is 1. The summed E-state index contributed by atoms with van der Waals surface area (Å²) in [6, 6.07) is 5.61. The lowest BCUT2D eigenvalue weighted by atomic mass is 9.96. The van der Waals surface area contributed by atoms with E-state index in [0.29, 0.717) is 17.2 Å². The average Bonchev–Trinajstić information content (AvgIpc) is 2.73. The summed E-state index contributed by atoms with van der Waals surface area (Å²) in [5.41, 5.74) is 1.67. The minimum absolute atomic E-state index is 0.0227. The van der Waals surface area contributed by atoms with Gasteiger partial charge in [0.1, 0.15) is 11.9 Å². The van der Waals surface area contributed by atoms with Crippen molar-refractivity contribution in [2.75, 3.05) is 6.61 Å². The number of carbonyl (C=O) groups is 1. The molecule has 0 aliphatic carbocycles. The van der Waals surface area contributed by atoms with E-state index in [1.54, 1.807) is 6.07 Å². The molecule has 2 rings (SSSR count). The molecule has 0 fully saturated rings. The molecule has 0 bridgehead atoms. The summed E-state index contributed by atoms with van der Waals surface area (Å²) >= 11 is 0. The zero-order valence-electron chi connectivity index (χ0n) is 12.5. The zero-order valence-corrected chi connectivity index (χ0v) is 12.5. The highest BCUT2D eigenvalue weighted by molar-refractivity contribution is 5.97. The van der Waals surface area contributed by atoms with E-state index in [0.717, 1.165) is 5.56 Å². The minimum atomic E-state index is -0.143. The molecular formula is C16H23NO3. The zero-order chi connectivity index (χ0) is 14.9. The van der Waals surface area contributed by atoms with Gasteiger partial charge in [0.2, 0.25) is 0 Å². The average molecular weight is 277 g/mol. The first kappa shape index (κ1) is 14.9. The first-order valence-electron chi connectivity index (χ1n) is 7.17. The van der Waals surface area contributed by atoms with Crippen LogP contribution < -0.4 is 10.1 Å². The van der Waals surface area contributed by atoms with E-state index in [1.807, 2.05) is 32.9 Å². The highest BCUT2D eigenvalue weighted by atomic mass is 16.5. The van der Waals surface area contributed by atoms with Crippen molar-refractivity contribution in [1.29, 1.82) is 0 Å². The van der Waals surface area contributed by atoms with Crippen molar-refractivity contribution in [2.45, 2.75) is 45.8 Å². The molecule has 4 unspecified atom stereocenters. The Morgan fingerprint density at radius 2 is 2.10 bits per heavy atom. The lowest BCUT2D eigenvalue weighted by Crippen LogP contribution is -2.38. The van der Waals surface area contributed by atoms with Crippen LogP contribution >= 0.6 is 0 Å². The van der Waals surface area contributed by atoms with Gasteiger partial charge in [0.15, 0.2) is 0 Å². The third-order valence-corrected chi connectivity index (χ3v) is 4.29. The standard InChI is InChI=1S/C16H23NO3/c1-9(8-18)11(3)17-16(19)14-7-5-6-13-10(2)12(4)20-15(13)14/h5-7,9-12,18H,8H2,1-4H3,(H,17,19). The Hall–Kier alpha value is -1.55. The molecule has 4 heteroatoms. The molecule has 0 spiro atoms. The van der Waals surface area contributed by atoms with Crippen molar-refractivity contribution in [3.05, 3.63) is 29.3 Å². The molecule has 1 amide bonds. The molecule has 0 aromatic heterocycles. The van der Waals surface area contributed by atoms with Gasteiger partial charge in [-0.05, 0) is 25.8 Å². The molecule has 2 N–H and O–H groups in total. The van der Waals surface area contributed by atoms with E-state index in [9.17, 15) is 4.79 Å². The predicted molar refractivity (Wildman–Crippen MR) is 78.1 cm³/mol. The number of aliphatic hydroxyl groups is 1. The van der Waals surface area contributed by atoms with Crippen molar-refractivity contribution in [2.24, 2.45) is 5.92 Å². The number of aliphatic hydroxyl groups excluding tert-OH is 1. The van der Waals surface area contributed by atoms with Crippen molar-refractivity contribution >= 4 is 5.91 Å². The van der Waals surface area contributed by atoms with Crippen LogP contribution in [0.3, 0.4) is 0 Å². The van der Waals surface area contributed by atoms with Gasteiger partial charge in [-0.3, -0.25) is 4.79 Å². The fraction of sp³-hybridized carbons (Fsp3) is 0.562. The van der Waals surface area contributed by atoms with E-state index in [4.69, 9.17) is 9.84 Å². The van der Waals surface area contributed by atoms with Crippen LogP contribution in [0, 0.1) is 5.92 Å². The molecule has 1 heterocycles. The molecule has 0 radical (unpaired) electrons. The van der Waals surface area contributed by atoms with Gasteiger partial charge in [-0.1, -0.05) is 26.0 Å². The summed E-state index contributed by atoms with van der Waals surface area (Å²) in [5.74, 6) is 0.880. The second kappa shape index (κ2) is 5.83. The lowest BCUT2D eigenvalue weighted by molar-refractivity contribution is 0.0911. The molecule has 1 aromatic rings. The third kappa shape index (κ3) is 2.66. The number of benzene rings is 1. The molecule has 20 heavy (non-hydrogen) atoms. The Kier molecular flexibility index (Phi) is 4.33. The van der Waals surface area contributed by atoms with E-state index in [2.05, 4.69) is 12.2 Å². The summed E-state index contributed by atoms with van der Waals surface area (Å²) in [6.45, 7) is 7.98. The maximum Gasteiger partial charge on any atom is 0.255 e. The first-order chi connectivity index (χ1) is 9.45. The second-order valence-corrected chi connectivity index (χ2v) is 5.76. The number of rotatable bonds is 4. The second-order valence-electron chi connectivity index (χ2n) is 5.76. The fourth-order valence-electron chi connectivity index (χ4n) is 2.35. The summed E-state index contributed by atoms with van der Waals surface area (Å²) in [5, 5.41) is 12.1. The predicted octanol–water partition coefficient (Wildman–Crippen LogP) is 2.32. The summed E-state index contributed by atoms with van der Waals surface area (Å²) in [6.07, 6.45) is 0.0905. The monoisotopic (exact) mass is 277 g/mol. The smallest absolute Gasteiger partial charge is 0.255 e. The summed E-state index contributed by atoms with van der Waals surface area (Å²) in [4.78, 5) is 12.4. The van der Waals surface area contributed by atoms with Crippen LogP contribution in [0.15, 0.2) is 18.2 Å². The van der Waals surface area contributed by atoms with Crippen LogP contribution in [0.5, 0.6) is 5.75 Å². The van der Waals surface area contributed by atoms with Crippen LogP contribution in [0.4, 0.5) is 0 Å². The number of hydrogen-bond acceptors (Lipinski definition) is 3. The SMILES string of the molecule is CC(CO)C(C)NC(=O)c1cccc2c1OC(C)C2C. The number of hydrogen-bond donors (Lipinski definition) is 2. The van der Waals surface area contributed by atoms with Crippen molar-refractivity contribution in [1.82, 2.24) is 5.32 Å². The number of carbonyl (C=O) groups excluding carboxylic acids is 1. The molecular weight excluding hydrogens is 254 g/mol. The van der Waals surface area contributed by atoms with Gasteiger partial charge in [-0.25, -0.2) is 0 Å². The maximum absolute atomic E-state index is 12.4. The lowest BCUT2D eigenvalue weighted by Gasteiger charge is -2.20. The van der Waals surface area contributed by atoms with E-state index >= 15 is 0 Å². The van der Waals surface area contributed by atoms with Gasteiger partial charge in [-0.15, -0.1) is 0 Å². The van der Waals surface area contributed by atoms with Gasteiger partial charge in [0, 0.05) is 24.1 Å². The van der Waals surface area contributed by atoms with Gasteiger partial charge in [-0.2, -0.15) is 0 Å². The third-order valence-electron chi connectivity index (χ3n) is 4.29. The van der Waals surface area contributed by atoms with E-state index < -0.39 is 0 Å². The molecule has 1 aromatic carbocycles. The van der Waals surface area contributed by atoms with Crippen LogP contribution in [0.1, 0.15) is 49.5 Å². The van der Waals surface area contributed by atoms with Gasteiger partial charge in [0.25, 0.3) is 5.91 Å². The van der Waals surface area contributed by atoms with Crippen molar-refractivity contribution in [3.8, 4) is 5.75 Å². The molecule has 0 saturated carbocycles. The molecule has 4 atom stereocenters. The van der Waals surface area contributed by atoms with Crippen molar-refractivity contribution < 1.29 is 14.6 Å². The number of nitrogens with one attached hydrogen (secondary N) is 1. The molecule has 110 valence electrons. The van der Waals surface area contributed by atoms with Crippen LogP contribution in [-0.2, 0) is 0 Å². The Balaban J connectivity index is 2.21. The minimum Gasteiger partial charge on any atom is -0.489 e. The summed E-state index contributed by atoms with van der Waals surface area (Å²) < 4.78 is 5.83. The molecule has 1 aliphatic rings. The normalized spacial score (nSPS) is 23.6. The highest BCUT2D eigenvalue weighted by Crippen LogP contribution is 2.40. The Bertz CT molecular complexity index is 500. The van der Waals surface area contributed by atoms with E-state index in [1.165, 1.54) is 0 Å². The molecule has 1 aliphatic heterocycles. The topological polar surface area (TPSA) is 58.6 Å². The van der Waals surface area contributed by atoms with Gasteiger partial charge >= 0.3 is 0 Å². The number of amides is 1. The molecule has 4 nitrogen and oxygen atoms in total. The van der Waals surface area contributed by atoms with Crippen LogP contribution in [0.25, 0.3) is 0 Å². The van der Waals surface area contributed by atoms with Crippen LogP contribution in [0.2, 0.25) is 0 Å². The Morgan fingerprint density at radius 1 is 1.40 bits per heavy atom. The van der Waals surface area contributed by atoms with Crippen molar-refractivity contribution in [3.63, 3.8) is 0 Å². The molecule has 0 saturated heterocycles. The van der Waals surface area contributed by atoms with Crippen LogP contribution in [-0.4, -0.2) is 29.8 Å². The quantitative estimate of drug-likeness (QED) is 0.888. The first-order valence-corrected chi connectivity index (χ1v) is 7.17. The highest BCUT2D eigenvalue weighted by Gasteiger charge is 2.31. The fourth-order valence-corrected chi connectivity index (χ4v) is 2.35. The van der Waals surface area contributed by atoms with Gasteiger partial charge in [0.05, 0.1) is 5.56 Å². The number of fused-ring (bicyclic) bond motifs is 1. The Labute approximate surface area is 120 Å².